The summed E-state index contributed by atoms with van der Waals surface area (Å²) < 4.78 is 33.6. The van der Waals surface area contributed by atoms with Crippen LogP contribution in [0.25, 0.3) is 0 Å². The van der Waals surface area contributed by atoms with Crippen molar-refractivity contribution >= 4 is 16.0 Å². The number of hydrogen-bond acceptors (Lipinski definition) is 5. The molecule has 1 aliphatic rings. The normalized spacial score (nSPS) is 16.4. The molecular weight excluding hydrogens is 380 g/mol. The summed E-state index contributed by atoms with van der Waals surface area (Å²) in [6.45, 7) is 6.56. The molecule has 0 aliphatic carbocycles. The van der Waals surface area contributed by atoms with Crippen molar-refractivity contribution in [2.45, 2.75) is 43.7 Å². The molecule has 1 heterocycles. The molecule has 28 heavy (non-hydrogen) atoms. The van der Waals surface area contributed by atoms with Crippen molar-refractivity contribution in [1.29, 1.82) is 0 Å². The van der Waals surface area contributed by atoms with E-state index in [0.29, 0.717) is 12.6 Å². The number of ether oxygens (including phenoxy) is 2. The number of nitrogens with zero attached hydrogens (tertiary/aromatic N) is 2. The number of likely N-dealkylation sites (tertiary alicyclic amines) is 1. The average Bonchev–Trinajstić information content (AvgIpc) is 2.69. The van der Waals surface area contributed by atoms with Gasteiger partial charge >= 0.3 is 0 Å². The summed E-state index contributed by atoms with van der Waals surface area (Å²) in [6, 6.07) is 6.51. The largest absolute Gasteiger partial charge is 0.385 e. The Morgan fingerprint density at radius 1 is 1.25 bits per heavy atom. The van der Waals surface area contributed by atoms with E-state index in [-0.39, 0.29) is 4.90 Å². The Kier molecular flexibility index (Phi) is 9.17. The van der Waals surface area contributed by atoms with Crippen LogP contribution in [0.2, 0.25) is 0 Å². The predicted octanol–water partition coefficient (Wildman–Crippen LogP) is 1.32. The number of benzene rings is 1. The Hall–Kier alpha value is -1.68. The predicted molar refractivity (Wildman–Crippen MR) is 110 cm³/mol. The van der Waals surface area contributed by atoms with Gasteiger partial charge in [-0.15, -0.1) is 0 Å². The third kappa shape index (κ3) is 7.38. The van der Waals surface area contributed by atoms with E-state index in [1.54, 1.807) is 19.2 Å². The number of sulfonamides is 1. The number of rotatable bonds is 9. The number of aliphatic imine (C=N–C) groups is 1. The fourth-order valence-corrected chi connectivity index (χ4v) is 3.58. The van der Waals surface area contributed by atoms with Crippen molar-refractivity contribution in [1.82, 2.24) is 10.2 Å². The maximum Gasteiger partial charge on any atom is 0.238 e. The van der Waals surface area contributed by atoms with Gasteiger partial charge in [-0.25, -0.2) is 18.5 Å². The van der Waals surface area contributed by atoms with Crippen molar-refractivity contribution in [2.24, 2.45) is 10.1 Å². The second-order valence-corrected chi connectivity index (χ2v) is 8.32. The molecule has 1 aromatic rings. The molecule has 1 saturated heterocycles. The minimum Gasteiger partial charge on any atom is -0.385 e. The van der Waals surface area contributed by atoms with Crippen molar-refractivity contribution in [3.8, 4) is 0 Å². The van der Waals surface area contributed by atoms with Crippen LogP contribution in [0.1, 0.15) is 31.7 Å². The van der Waals surface area contributed by atoms with Crippen molar-refractivity contribution in [3.05, 3.63) is 29.8 Å². The standard InChI is InChI=1S/C19H32N4O4S/c1-3-21-19(22-15-16-5-7-18(8-6-16)28(20,24)25)23-11-9-17(10-12-23)27-14-4-13-26-2/h5-8,17H,3-4,9-15H2,1-2H3,(H,21,22)(H2,20,24,25). The number of piperidine rings is 1. The van der Waals surface area contributed by atoms with E-state index in [1.807, 2.05) is 6.92 Å². The van der Waals surface area contributed by atoms with Gasteiger partial charge in [-0.3, -0.25) is 0 Å². The zero-order chi connectivity index (χ0) is 20.4. The molecule has 0 aromatic heterocycles. The lowest BCUT2D eigenvalue weighted by Gasteiger charge is -2.34. The summed E-state index contributed by atoms with van der Waals surface area (Å²) in [5.41, 5.74) is 0.930. The van der Waals surface area contributed by atoms with Gasteiger partial charge in [0.15, 0.2) is 5.96 Å². The highest BCUT2D eigenvalue weighted by Gasteiger charge is 2.21. The monoisotopic (exact) mass is 412 g/mol. The minimum absolute atomic E-state index is 0.111. The summed E-state index contributed by atoms with van der Waals surface area (Å²) in [7, 11) is -1.96. The van der Waals surface area contributed by atoms with Gasteiger partial charge in [-0.1, -0.05) is 12.1 Å². The summed E-state index contributed by atoms with van der Waals surface area (Å²) >= 11 is 0. The number of primary sulfonamides is 1. The van der Waals surface area contributed by atoms with Gasteiger partial charge in [0.1, 0.15) is 0 Å². The molecule has 1 aliphatic heterocycles. The molecule has 8 nitrogen and oxygen atoms in total. The van der Waals surface area contributed by atoms with Crippen LogP contribution < -0.4 is 10.5 Å². The van der Waals surface area contributed by atoms with Gasteiger partial charge in [-0.2, -0.15) is 0 Å². The van der Waals surface area contributed by atoms with Crippen LogP contribution in [0.3, 0.4) is 0 Å². The Morgan fingerprint density at radius 3 is 2.50 bits per heavy atom. The van der Waals surface area contributed by atoms with Crippen molar-refractivity contribution < 1.29 is 17.9 Å². The molecule has 0 saturated carbocycles. The number of hydrogen-bond donors (Lipinski definition) is 2. The van der Waals surface area contributed by atoms with E-state index < -0.39 is 10.0 Å². The SMILES string of the molecule is CCNC(=NCc1ccc(S(N)(=O)=O)cc1)N1CCC(OCCCOC)CC1. The quantitative estimate of drug-likeness (QED) is 0.360. The highest BCUT2D eigenvalue weighted by atomic mass is 32.2. The average molecular weight is 413 g/mol. The molecule has 158 valence electrons. The van der Waals surface area contributed by atoms with Gasteiger partial charge in [0, 0.05) is 40.0 Å². The molecule has 9 heteroatoms. The Bertz CT molecular complexity index is 714. The summed E-state index contributed by atoms with van der Waals surface area (Å²) in [5.74, 6) is 0.871. The van der Waals surface area contributed by atoms with Crippen LogP contribution in [0.5, 0.6) is 0 Å². The Morgan fingerprint density at radius 2 is 1.93 bits per heavy atom. The second kappa shape index (κ2) is 11.4. The zero-order valence-corrected chi connectivity index (χ0v) is 17.6. The topological polar surface area (TPSA) is 106 Å². The number of nitrogens with two attached hydrogens (primary N) is 1. The third-order valence-corrected chi connectivity index (χ3v) is 5.52. The van der Waals surface area contributed by atoms with E-state index in [2.05, 4.69) is 10.2 Å². The lowest BCUT2D eigenvalue weighted by molar-refractivity contribution is 0.00990. The van der Waals surface area contributed by atoms with E-state index in [0.717, 1.165) is 63.6 Å². The summed E-state index contributed by atoms with van der Waals surface area (Å²) in [4.78, 5) is 7.06. The molecule has 0 atom stereocenters. The van der Waals surface area contributed by atoms with Crippen LogP contribution in [-0.4, -0.2) is 65.3 Å². The van der Waals surface area contributed by atoms with Crippen LogP contribution in [0.15, 0.2) is 34.2 Å². The van der Waals surface area contributed by atoms with Gasteiger partial charge < -0.3 is 19.7 Å². The third-order valence-electron chi connectivity index (χ3n) is 4.59. The zero-order valence-electron chi connectivity index (χ0n) is 16.8. The molecule has 1 fully saturated rings. The first-order chi connectivity index (χ1) is 13.4. The summed E-state index contributed by atoms with van der Waals surface area (Å²) in [5, 5.41) is 8.47. The molecular formula is C19H32N4O4S. The molecule has 0 radical (unpaired) electrons. The van der Waals surface area contributed by atoms with Gasteiger partial charge in [-0.05, 0) is 43.9 Å². The molecule has 0 unspecified atom stereocenters. The van der Waals surface area contributed by atoms with Crippen LogP contribution >= 0.6 is 0 Å². The molecule has 0 spiro atoms. The maximum absolute atomic E-state index is 11.3. The van der Waals surface area contributed by atoms with Gasteiger partial charge in [0.25, 0.3) is 0 Å². The summed E-state index contributed by atoms with van der Waals surface area (Å²) in [6.07, 6.45) is 3.16. The van der Waals surface area contributed by atoms with Crippen LogP contribution in [-0.2, 0) is 26.0 Å². The first kappa shape index (κ1) is 22.6. The minimum atomic E-state index is -3.67. The Balaban J connectivity index is 1.89. The van der Waals surface area contributed by atoms with E-state index in [9.17, 15) is 8.42 Å². The van der Waals surface area contributed by atoms with Gasteiger partial charge in [0.2, 0.25) is 10.0 Å². The van der Waals surface area contributed by atoms with Crippen molar-refractivity contribution in [2.75, 3.05) is 40.0 Å². The highest BCUT2D eigenvalue weighted by Crippen LogP contribution is 2.15. The first-order valence-corrected chi connectivity index (χ1v) is 11.2. The molecule has 3 N–H and O–H groups in total. The van der Waals surface area contributed by atoms with Gasteiger partial charge in [0.05, 0.1) is 17.5 Å². The smallest absolute Gasteiger partial charge is 0.238 e. The molecule has 1 aromatic carbocycles. The molecule has 0 amide bonds. The van der Waals surface area contributed by atoms with E-state index in [4.69, 9.17) is 19.6 Å². The fraction of sp³-hybridized carbons (Fsp3) is 0.632. The highest BCUT2D eigenvalue weighted by molar-refractivity contribution is 7.89. The lowest BCUT2D eigenvalue weighted by Crippen LogP contribution is -2.47. The fourth-order valence-electron chi connectivity index (χ4n) is 3.06. The molecule has 0 bridgehead atoms. The number of guanidine groups is 1. The van der Waals surface area contributed by atoms with E-state index >= 15 is 0 Å². The van der Waals surface area contributed by atoms with Crippen LogP contribution in [0.4, 0.5) is 0 Å². The lowest BCUT2D eigenvalue weighted by atomic mass is 10.1. The second-order valence-electron chi connectivity index (χ2n) is 6.76. The Labute approximate surface area is 168 Å². The van der Waals surface area contributed by atoms with E-state index in [1.165, 1.54) is 12.1 Å². The maximum atomic E-state index is 11.3. The van der Waals surface area contributed by atoms with Crippen molar-refractivity contribution in [3.63, 3.8) is 0 Å². The molecule has 2 rings (SSSR count). The number of nitrogens with one attached hydrogen (secondary N) is 1. The van der Waals surface area contributed by atoms with Crippen LogP contribution in [0, 0.1) is 0 Å². The first-order valence-electron chi connectivity index (χ1n) is 9.69. The number of methoxy groups -OCH3 is 1.